The van der Waals surface area contributed by atoms with Gasteiger partial charge in [0.25, 0.3) is 0 Å². The second kappa shape index (κ2) is 7.00. The van der Waals surface area contributed by atoms with Gasteiger partial charge in [-0.25, -0.2) is 0 Å². The highest BCUT2D eigenvalue weighted by Gasteiger charge is 2.49. The lowest BCUT2D eigenvalue weighted by molar-refractivity contribution is -0.157. The maximum atomic E-state index is 12.1. The number of allylic oxidation sites excluding steroid dienone is 1. The number of hydrogen-bond donors (Lipinski definition) is 0. The van der Waals surface area contributed by atoms with E-state index in [0.717, 1.165) is 12.8 Å². The Morgan fingerprint density at radius 2 is 2.28 bits per heavy atom. The van der Waals surface area contributed by atoms with Crippen molar-refractivity contribution in [1.29, 1.82) is 0 Å². The number of ether oxygens (including phenoxy) is 1. The molecule has 0 radical (unpaired) electrons. The molecule has 0 aromatic rings. The van der Waals surface area contributed by atoms with Gasteiger partial charge in [-0.3, -0.25) is 9.59 Å². The van der Waals surface area contributed by atoms with Crippen LogP contribution >= 0.6 is 0 Å². The van der Waals surface area contributed by atoms with Gasteiger partial charge in [0.05, 0.1) is 0 Å². The van der Waals surface area contributed by atoms with Crippen LogP contribution in [0.25, 0.3) is 0 Å². The summed E-state index contributed by atoms with van der Waals surface area (Å²) in [7, 11) is 0. The number of carbonyl (C=O) groups is 2. The Balaban J connectivity index is 2.77. The van der Waals surface area contributed by atoms with Gasteiger partial charge >= 0.3 is 5.97 Å². The van der Waals surface area contributed by atoms with Crippen LogP contribution < -0.4 is 0 Å². The summed E-state index contributed by atoms with van der Waals surface area (Å²) in [4.78, 5) is 24.1. The van der Waals surface area contributed by atoms with Crippen LogP contribution in [0.5, 0.6) is 0 Å². The smallest absolute Gasteiger partial charge is 0.320 e. The first-order valence-corrected chi connectivity index (χ1v) is 6.44. The molecule has 0 bridgehead atoms. The van der Waals surface area contributed by atoms with Crippen LogP contribution in [0, 0.1) is 17.3 Å². The molecule has 1 aliphatic rings. The minimum atomic E-state index is -0.996. The molecule has 1 rings (SSSR count). The average Bonchev–Trinajstić information content (AvgIpc) is 2.73. The molecule has 1 aliphatic carbocycles. The summed E-state index contributed by atoms with van der Waals surface area (Å²) in [6.07, 6.45) is 6.39. The van der Waals surface area contributed by atoms with Gasteiger partial charge in [-0.15, -0.1) is 11.8 Å². The third-order valence-corrected chi connectivity index (χ3v) is 3.17. The van der Waals surface area contributed by atoms with Gasteiger partial charge in [0.15, 0.2) is 5.78 Å². The Morgan fingerprint density at radius 3 is 2.83 bits per heavy atom. The summed E-state index contributed by atoms with van der Waals surface area (Å²) < 4.78 is 5.16. The van der Waals surface area contributed by atoms with Crippen LogP contribution in [0.15, 0.2) is 12.2 Å². The van der Waals surface area contributed by atoms with Crippen molar-refractivity contribution in [3.63, 3.8) is 0 Å². The molecule has 1 saturated carbocycles. The van der Waals surface area contributed by atoms with E-state index in [4.69, 9.17) is 4.74 Å². The van der Waals surface area contributed by atoms with Crippen LogP contribution in [-0.4, -0.2) is 18.4 Å². The van der Waals surface area contributed by atoms with Crippen LogP contribution in [0.4, 0.5) is 0 Å². The highest BCUT2D eigenvalue weighted by Crippen LogP contribution is 2.39. The zero-order valence-electron chi connectivity index (χ0n) is 11.1. The highest BCUT2D eigenvalue weighted by atomic mass is 16.5. The van der Waals surface area contributed by atoms with E-state index in [1.54, 1.807) is 6.08 Å². The number of esters is 1. The fourth-order valence-electron chi connectivity index (χ4n) is 2.10. The van der Waals surface area contributed by atoms with E-state index in [1.165, 1.54) is 0 Å². The summed E-state index contributed by atoms with van der Waals surface area (Å²) in [6, 6.07) is 0. The number of rotatable bonds is 4. The third kappa shape index (κ3) is 3.22. The quantitative estimate of drug-likeness (QED) is 0.332. The molecule has 0 spiro atoms. The minimum Gasteiger partial charge on any atom is -0.461 e. The highest BCUT2D eigenvalue weighted by molar-refractivity contribution is 6.05. The van der Waals surface area contributed by atoms with Crippen molar-refractivity contribution in [2.24, 2.45) is 5.41 Å². The Labute approximate surface area is 109 Å². The Kier molecular flexibility index (Phi) is 5.64. The van der Waals surface area contributed by atoms with E-state index in [2.05, 4.69) is 11.8 Å². The molecule has 0 N–H and O–H groups in total. The molecule has 18 heavy (non-hydrogen) atoms. The number of ketones is 1. The molecular weight excluding hydrogens is 228 g/mol. The van der Waals surface area contributed by atoms with E-state index in [1.807, 2.05) is 19.9 Å². The second-order valence-corrected chi connectivity index (χ2v) is 4.41. The first kappa shape index (κ1) is 14.5. The average molecular weight is 248 g/mol. The first-order chi connectivity index (χ1) is 8.67. The van der Waals surface area contributed by atoms with Crippen LogP contribution in [0.2, 0.25) is 0 Å². The first-order valence-electron chi connectivity index (χ1n) is 6.44. The summed E-state index contributed by atoms with van der Waals surface area (Å²) in [5.74, 6) is 5.42. The fourth-order valence-corrected chi connectivity index (χ4v) is 2.10. The van der Waals surface area contributed by atoms with Crippen molar-refractivity contribution in [2.75, 3.05) is 6.61 Å². The van der Waals surface area contributed by atoms with Crippen LogP contribution in [-0.2, 0) is 14.3 Å². The lowest BCUT2D eigenvalue weighted by Gasteiger charge is -2.22. The monoisotopic (exact) mass is 248 g/mol. The molecule has 0 amide bonds. The van der Waals surface area contributed by atoms with Crippen molar-refractivity contribution < 1.29 is 14.3 Å². The van der Waals surface area contributed by atoms with Gasteiger partial charge in [0.2, 0.25) is 0 Å². The largest absolute Gasteiger partial charge is 0.461 e. The van der Waals surface area contributed by atoms with E-state index in [9.17, 15) is 9.59 Å². The molecular formula is C15H20O3. The molecule has 3 heteroatoms. The van der Waals surface area contributed by atoms with Crippen LogP contribution in [0.3, 0.4) is 0 Å². The van der Waals surface area contributed by atoms with Crippen molar-refractivity contribution in [1.82, 2.24) is 0 Å². The zero-order valence-corrected chi connectivity index (χ0v) is 11.1. The van der Waals surface area contributed by atoms with Gasteiger partial charge in [0, 0.05) is 19.3 Å². The molecule has 0 saturated heterocycles. The van der Waals surface area contributed by atoms with Gasteiger partial charge in [-0.1, -0.05) is 19.1 Å². The predicted octanol–water partition coefficient (Wildman–Crippen LogP) is 2.65. The predicted molar refractivity (Wildman–Crippen MR) is 69.7 cm³/mol. The van der Waals surface area contributed by atoms with Crippen molar-refractivity contribution in [3.05, 3.63) is 12.2 Å². The molecule has 0 aliphatic heterocycles. The summed E-state index contributed by atoms with van der Waals surface area (Å²) in [6.45, 7) is 4.03. The normalized spacial score (nSPS) is 22.9. The SMILES string of the molecule is CC=CCOC(=O)C1(CC#CCC)CCCC1=O. The van der Waals surface area contributed by atoms with Crippen LogP contribution in [0.1, 0.15) is 46.0 Å². The van der Waals surface area contributed by atoms with E-state index in [0.29, 0.717) is 19.3 Å². The van der Waals surface area contributed by atoms with E-state index in [-0.39, 0.29) is 12.4 Å². The molecule has 3 nitrogen and oxygen atoms in total. The minimum absolute atomic E-state index is 0.0154. The maximum absolute atomic E-state index is 12.1. The molecule has 0 aromatic heterocycles. The Morgan fingerprint density at radius 1 is 1.50 bits per heavy atom. The van der Waals surface area contributed by atoms with Crippen molar-refractivity contribution in [3.8, 4) is 11.8 Å². The van der Waals surface area contributed by atoms with Gasteiger partial charge < -0.3 is 4.74 Å². The van der Waals surface area contributed by atoms with Gasteiger partial charge in [-0.2, -0.15) is 0 Å². The van der Waals surface area contributed by atoms with E-state index >= 15 is 0 Å². The standard InChI is InChI=1S/C15H20O3/c1-3-5-7-10-15(11-8-9-13(15)16)14(17)18-12-6-4-2/h4,6H,3,8-12H2,1-2H3. The van der Waals surface area contributed by atoms with Crippen molar-refractivity contribution in [2.45, 2.75) is 46.0 Å². The summed E-state index contributed by atoms with van der Waals surface area (Å²) in [5, 5.41) is 0. The van der Waals surface area contributed by atoms with Gasteiger partial charge in [-0.05, 0) is 19.8 Å². The zero-order chi connectivity index (χ0) is 13.4. The number of carbonyl (C=O) groups excluding carboxylic acids is 2. The molecule has 1 fully saturated rings. The third-order valence-electron chi connectivity index (χ3n) is 3.17. The molecule has 98 valence electrons. The second-order valence-electron chi connectivity index (χ2n) is 4.41. The number of Topliss-reactive ketones (excluding diaryl/α,β-unsaturated/α-hetero) is 1. The maximum Gasteiger partial charge on any atom is 0.320 e. The topological polar surface area (TPSA) is 43.4 Å². The Bertz CT molecular complexity index is 398. The fraction of sp³-hybridized carbons (Fsp3) is 0.600. The van der Waals surface area contributed by atoms with E-state index < -0.39 is 11.4 Å². The lowest BCUT2D eigenvalue weighted by Crippen LogP contribution is -2.36. The molecule has 1 atom stereocenters. The van der Waals surface area contributed by atoms with Gasteiger partial charge in [0.1, 0.15) is 12.0 Å². The molecule has 0 heterocycles. The Hall–Kier alpha value is -1.56. The lowest BCUT2D eigenvalue weighted by atomic mass is 9.82. The summed E-state index contributed by atoms with van der Waals surface area (Å²) >= 11 is 0. The number of hydrogen-bond acceptors (Lipinski definition) is 3. The van der Waals surface area contributed by atoms with Crippen molar-refractivity contribution >= 4 is 11.8 Å². The summed E-state index contributed by atoms with van der Waals surface area (Å²) in [5.41, 5.74) is -0.996. The molecule has 0 aromatic carbocycles. The molecule has 1 unspecified atom stereocenters.